The average Bonchev–Trinajstić information content (AvgIpc) is 3.23. The monoisotopic (exact) mass is 483 g/mol. The maximum absolute atomic E-state index is 12.8. The van der Waals surface area contributed by atoms with E-state index < -0.39 is 21.2 Å². The fraction of sp³-hybridized carbons (Fsp3) is 0.211. The number of amidine groups is 1. The van der Waals surface area contributed by atoms with Gasteiger partial charge in [-0.15, -0.1) is 22.3 Å². The number of hydrogen-bond acceptors (Lipinski definition) is 6. The predicted molar refractivity (Wildman–Crippen MR) is 122 cm³/mol. The second-order valence-corrected chi connectivity index (χ2v) is 11.0. The molecular weight excluding hydrogens is 466 g/mol. The van der Waals surface area contributed by atoms with E-state index in [9.17, 15) is 18.0 Å². The molecule has 1 fully saturated rings. The van der Waals surface area contributed by atoms with Crippen LogP contribution >= 0.6 is 34.7 Å². The van der Waals surface area contributed by atoms with Crippen molar-refractivity contribution in [3.05, 3.63) is 59.0 Å². The van der Waals surface area contributed by atoms with E-state index in [0.717, 1.165) is 28.7 Å². The third-order valence-corrected chi connectivity index (χ3v) is 8.38. The Morgan fingerprint density at radius 2 is 2.07 bits per heavy atom. The van der Waals surface area contributed by atoms with Crippen LogP contribution < -0.4 is 5.32 Å². The number of para-hydroxylation sites is 1. The van der Waals surface area contributed by atoms with E-state index in [1.165, 1.54) is 23.1 Å². The van der Waals surface area contributed by atoms with Gasteiger partial charge in [0.05, 0.1) is 4.34 Å². The number of amides is 2. The van der Waals surface area contributed by atoms with E-state index in [0.29, 0.717) is 10.0 Å². The molecule has 0 spiro atoms. The highest BCUT2D eigenvalue weighted by molar-refractivity contribution is 8.16. The summed E-state index contributed by atoms with van der Waals surface area (Å²) >= 11 is 7.65. The molecule has 1 N–H and O–H groups in total. The molecule has 1 atom stereocenters. The van der Waals surface area contributed by atoms with Crippen molar-refractivity contribution < 1.29 is 18.0 Å². The molecule has 3 rings (SSSR count). The minimum absolute atomic E-state index is 0.0121. The van der Waals surface area contributed by atoms with Gasteiger partial charge in [0.1, 0.15) is 9.46 Å². The highest BCUT2D eigenvalue weighted by Gasteiger charge is 2.39. The number of anilines is 1. The number of thiophene rings is 1. The summed E-state index contributed by atoms with van der Waals surface area (Å²) in [4.78, 5) is 26.4. The topological polar surface area (TPSA) is 95.9 Å². The van der Waals surface area contributed by atoms with Gasteiger partial charge < -0.3 is 5.32 Å². The summed E-state index contributed by atoms with van der Waals surface area (Å²) in [6.45, 7) is 5.55. The third-order valence-electron chi connectivity index (χ3n) is 4.12. The second kappa shape index (κ2) is 9.34. The molecule has 0 radical (unpaired) electrons. The van der Waals surface area contributed by atoms with Crippen molar-refractivity contribution in [1.82, 2.24) is 4.90 Å². The van der Waals surface area contributed by atoms with Crippen LogP contribution in [0.4, 0.5) is 5.69 Å². The zero-order valence-corrected chi connectivity index (χ0v) is 19.1. The Hall–Kier alpha value is -2.14. The number of benzene rings is 1. The van der Waals surface area contributed by atoms with Crippen LogP contribution in [0.2, 0.25) is 4.34 Å². The quantitative estimate of drug-likeness (QED) is 0.602. The standard InChI is InChI=1S/C19H18ClN3O4S3/c1-3-10-23-18(25)14(11-16(24)21-13-7-5-4-6-12(13)2)28-19(23)22-30(26,27)17-9-8-15(20)29-17/h3-9,14H,1,10-11H2,2H3,(H,21,24)/t14-/m0/s1. The lowest BCUT2D eigenvalue weighted by Gasteiger charge is -2.13. The number of sulfonamides is 1. The molecule has 1 aliphatic heterocycles. The van der Waals surface area contributed by atoms with Gasteiger partial charge in [-0.05, 0) is 30.7 Å². The molecule has 7 nitrogen and oxygen atoms in total. The van der Waals surface area contributed by atoms with Gasteiger partial charge in [-0.2, -0.15) is 8.42 Å². The fourth-order valence-electron chi connectivity index (χ4n) is 2.67. The molecule has 158 valence electrons. The summed E-state index contributed by atoms with van der Waals surface area (Å²) in [6.07, 6.45) is 1.35. The van der Waals surface area contributed by atoms with Crippen LogP contribution in [0.15, 0.2) is 57.7 Å². The van der Waals surface area contributed by atoms with Crippen LogP contribution in [0, 0.1) is 6.92 Å². The number of hydrogen-bond donors (Lipinski definition) is 1. The van der Waals surface area contributed by atoms with Gasteiger partial charge in [-0.1, -0.05) is 47.6 Å². The molecule has 1 aromatic heterocycles. The smallest absolute Gasteiger partial charge is 0.294 e. The zero-order chi connectivity index (χ0) is 21.9. The Labute approximate surface area is 187 Å². The number of thioether (sulfide) groups is 1. The minimum Gasteiger partial charge on any atom is -0.326 e. The van der Waals surface area contributed by atoms with Crippen molar-refractivity contribution in [3.63, 3.8) is 0 Å². The largest absolute Gasteiger partial charge is 0.326 e. The first kappa shape index (κ1) is 22.5. The van der Waals surface area contributed by atoms with Gasteiger partial charge in [0.25, 0.3) is 10.0 Å². The van der Waals surface area contributed by atoms with Crippen LogP contribution in [0.3, 0.4) is 0 Å². The minimum atomic E-state index is -4.03. The fourth-order valence-corrected chi connectivity index (χ4v) is 6.50. The first-order valence-corrected chi connectivity index (χ1v) is 12.3. The number of halogens is 1. The van der Waals surface area contributed by atoms with E-state index in [2.05, 4.69) is 16.3 Å². The van der Waals surface area contributed by atoms with Crippen molar-refractivity contribution >= 4 is 67.4 Å². The van der Waals surface area contributed by atoms with Crippen molar-refractivity contribution in [2.24, 2.45) is 4.40 Å². The van der Waals surface area contributed by atoms with Gasteiger partial charge in [0, 0.05) is 18.7 Å². The van der Waals surface area contributed by atoms with Gasteiger partial charge in [-0.25, -0.2) is 0 Å². The van der Waals surface area contributed by atoms with Crippen molar-refractivity contribution in [3.8, 4) is 0 Å². The first-order chi connectivity index (χ1) is 14.2. The lowest BCUT2D eigenvalue weighted by atomic mass is 10.2. The molecule has 2 aromatic rings. The Morgan fingerprint density at radius 3 is 2.70 bits per heavy atom. The number of aryl methyl sites for hydroxylation is 1. The number of carbonyl (C=O) groups excluding carboxylic acids is 2. The van der Waals surface area contributed by atoms with E-state index >= 15 is 0 Å². The van der Waals surface area contributed by atoms with E-state index in [1.807, 2.05) is 19.1 Å². The molecule has 11 heteroatoms. The molecular formula is C19H18ClN3O4S3. The number of carbonyl (C=O) groups is 2. The van der Waals surface area contributed by atoms with E-state index in [-0.39, 0.29) is 28.2 Å². The maximum Gasteiger partial charge on any atom is 0.294 e. The summed E-state index contributed by atoms with van der Waals surface area (Å²) in [6, 6.07) is 10.1. The number of nitrogens with zero attached hydrogens (tertiary/aromatic N) is 2. The molecule has 30 heavy (non-hydrogen) atoms. The Morgan fingerprint density at radius 1 is 1.33 bits per heavy atom. The number of nitrogens with one attached hydrogen (secondary N) is 1. The lowest BCUT2D eigenvalue weighted by Crippen LogP contribution is -2.33. The summed E-state index contributed by atoms with van der Waals surface area (Å²) in [7, 11) is -4.03. The lowest BCUT2D eigenvalue weighted by molar-refractivity contribution is -0.127. The van der Waals surface area contributed by atoms with Gasteiger partial charge in [-0.3, -0.25) is 14.5 Å². The van der Waals surface area contributed by atoms with Gasteiger partial charge in [0.2, 0.25) is 11.8 Å². The molecule has 0 bridgehead atoms. The van der Waals surface area contributed by atoms with Crippen molar-refractivity contribution in [2.45, 2.75) is 22.8 Å². The highest BCUT2D eigenvalue weighted by atomic mass is 35.5. The Bertz CT molecular complexity index is 1130. The summed E-state index contributed by atoms with van der Waals surface area (Å²) in [5.41, 5.74) is 1.56. The Balaban J connectivity index is 1.79. The predicted octanol–water partition coefficient (Wildman–Crippen LogP) is 3.91. The van der Waals surface area contributed by atoms with Crippen LogP contribution in [0.25, 0.3) is 0 Å². The average molecular weight is 484 g/mol. The molecule has 2 amide bonds. The molecule has 0 unspecified atom stereocenters. The molecule has 1 saturated heterocycles. The SMILES string of the molecule is C=CCN1C(=O)[C@H](CC(=O)Nc2ccccc2C)SC1=NS(=O)(=O)c1ccc(Cl)s1. The molecule has 2 heterocycles. The van der Waals surface area contributed by atoms with Gasteiger partial charge >= 0.3 is 0 Å². The highest BCUT2D eigenvalue weighted by Crippen LogP contribution is 2.33. The second-order valence-electron chi connectivity index (χ2n) is 6.32. The summed E-state index contributed by atoms with van der Waals surface area (Å²) < 4.78 is 29.3. The molecule has 0 aliphatic carbocycles. The van der Waals surface area contributed by atoms with E-state index in [1.54, 1.807) is 12.1 Å². The molecule has 1 aliphatic rings. The first-order valence-electron chi connectivity index (χ1n) is 8.76. The van der Waals surface area contributed by atoms with Crippen LogP contribution in [-0.4, -0.2) is 42.1 Å². The maximum atomic E-state index is 12.8. The van der Waals surface area contributed by atoms with Crippen LogP contribution in [0.1, 0.15) is 12.0 Å². The summed E-state index contributed by atoms with van der Waals surface area (Å²) in [5, 5.41) is 2.01. The number of rotatable bonds is 7. The molecule has 1 aromatic carbocycles. The van der Waals surface area contributed by atoms with Crippen LogP contribution in [-0.2, 0) is 19.6 Å². The van der Waals surface area contributed by atoms with Crippen LogP contribution in [0.5, 0.6) is 0 Å². The molecule has 0 saturated carbocycles. The zero-order valence-electron chi connectivity index (χ0n) is 15.9. The Kier molecular flexibility index (Phi) is 7.02. The van der Waals surface area contributed by atoms with Crippen molar-refractivity contribution in [2.75, 3.05) is 11.9 Å². The normalized spacial score (nSPS) is 18.1. The summed E-state index contributed by atoms with van der Waals surface area (Å²) in [5.74, 6) is -0.735. The third kappa shape index (κ3) is 5.12. The van der Waals surface area contributed by atoms with Gasteiger partial charge in [0.15, 0.2) is 5.17 Å². The van der Waals surface area contributed by atoms with E-state index in [4.69, 9.17) is 11.6 Å². The van der Waals surface area contributed by atoms with Crippen molar-refractivity contribution in [1.29, 1.82) is 0 Å².